The summed E-state index contributed by atoms with van der Waals surface area (Å²) in [6.45, 7) is 0. The minimum atomic E-state index is -0.226. The molecule has 0 bridgehead atoms. The highest BCUT2D eigenvalue weighted by Crippen LogP contribution is 2.12. The smallest absolute Gasteiger partial charge is 0.318 e. The molecule has 74 valence electrons. The standard InChI is InChI=1S/C10H11BrN2O/c1-12-10(14)13-6-5-8-3-2-4-9(11)7-8/h2-7H,1H3,(H2,12,13,14)/b6-5+. The largest absolute Gasteiger partial charge is 0.341 e. The Morgan fingerprint density at radius 3 is 2.93 bits per heavy atom. The van der Waals surface area contributed by atoms with Gasteiger partial charge in [-0.2, -0.15) is 0 Å². The number of halogens is 1. The molecule has 0 spiro atoms. The van der Waals surface area contributed by atoms with Crippen molar-refractivity contribution in [2.45, 2.75) is 0 Å². The molecular formula is C10H11BrN2O. The predicted octanol–water partition coefficient (Wildman–Crippen LogP) is 2.35. The molecule has 0 atom stereocenters. The average molecular weight is 255 g/mol. The highest BCUT2D eigenvalue weighted by atomic mass is 79.9. The van der Waals surface area contributed by atoms with Gasteiger partial charge in [0.05, 0.1) is 0 Å². The Bertz CT molecular complexity index is 350. The van der Waals surface area contributed by atoms with Gasteiger partial charge in [0.1, 0.15) is 0 Å². The summed E-state index contributed by atoms with van der Waals surface area (Å²) in [6.07, 6.45) is 3.42. The minimum Gasteiger partial charge on any atom is -0.341 e. The van der Waals surface area contributed by atoms with Gasteiger partial charge in [0.15, 0.2) is 0 Å². The van der Waals surface area contributed by atoms with Crippen molar-refractivity contribution >= 4 is 28.0 Å². The van der Waals surface area contributed by atoms with Crippen LogP contribution in [0, 0.1) is 0 Å². The minimum absolute atomic E-state index is 0.226. The monoisotopic (exact) mass is 254 g/mol. The molecule has 0 unspecified atom stereocenters. The number of nitrogens with one attached hydrogen (secondary N) is 2. The molecule has 14 heavy (non-hydrogen) atoms. The number of hydrogen-bond acceptors (Lipinski definition) is 1. The van der Waals surface area contributed by atoms with Crippen LogP contribution in [0.25, 0.3) is 6.08 Å². The lowest BCUT2D eigenvalue weighted by Gasteiger charge is -1.97. The van der Waals surface area contributed by atoms with Crippen molar-refractivity contribution in [2.75, 3.05) is 7.05 Å². The molecule has 4 heteroatoms. The van der Waals surface area contributed by atoms with Crippen LogP contribution in [-0.4, -0.2) is 13.1 Å². The van der Waals surface area contributed by atoms with Crippen molar-refractivity contribution in [2.24, 2.45) is 0 Å². The van der Waals surface area contributed by atoms with Crippen molar-refractivity contribution in [1.82, 2.24) is 10.6 Å². The van der Waals surface area contributed by atoms with E-state index in [2.05, 4.69) is 26.6 Å². The maximum atomic E-state index is 10.8. The van der Waals surface area contributed by atoms with Gasteiger partial charge in [0.2, 0.25) is 0 Å². The number of rotatable bonds is 2. The van der Waals surface area contributed by atoms with E-state index in [1.165, 1.54) is 0 Å². The predicted molar refractivity (Wildman–Crippen MR) is 60.8 cm³/mol. The maximum Gasteiger partial charge on any atom is 0.318 e. The molecule has 3 nitrogen and oxygen atoms in total. The van der Waals surface area contributed by atoms with Gasteiger partial charge < -0.3 is 10.6 Å². The molecule has 0 radical (unpaired) electrons. The molecule has 0 aliphatic heterocycles. The Hall–Kier alpha value is -1.29. The molecule has 2 N–H and O–H groups in total. The van der Waals surface area contributed by atoms with E-state index in [-0.39, 0.29) is 6.03 Å². The van der Waals surface area contributed by atoms with Gasteiger partial charge in [0.25, 0.3) is 0 Å². The number of hydrogen-bond donors (Lipinski definition) is 2. The molecule has 1 aromatic rings. The first-order valence-electron chi connectivity index (χ1n) is 4.13. The summed E-state index contributed by atoms with van der Waals surface area (Å²) in [6, 6.07) is 7.57. The molecular weight excluding hydrogens is 244 g/mol. The molecule has 0 aromatic heterocycles. The van der Waals surface area contributed by atoms with Crippen molar-refractivity contribution in [3.63, 3.8) is 0 Å². The molecule has 2 amide bonds. The van der Waals surface area contributed by atoms with E-state index in [0.29, 0.717) is 0 Å². The topological polar surface area (TPSA) is 41.1 Å². The summed E-state index contributed by atoms with van der Waals surface area (Å²) >= 11 is 3.36. The Morgan fingerprint density at radius 1 is 1.50 bits per heavy atom. The second-order valence-electron chi connectivity index (χ2n) is 2.61. The summed E-state index contributed by atoms with van der Waals surface area (Å²) < 4.78 is 1.01. The van der Waals surface area contributed by atoms with Crippen LogP contribution < -0.4 is 10.6 Å². The fourth-order valence-corrected chi connectivity index (χ4v) is 1.31. The van der Waals surface area contributed by atoms with Crippen LogP contribution in [0.1, 0.15) is 5.56 Å². The summed E-state index contributed by atoms with van der Waals surface area (Å²) in [4.78, 5) is 10.8. The van der Waals surface area contributed by atoms with Crippen LogP contribution in [0.2, 0.25) is 0 Å². The zero-order chi connectivity index (χ0) is 10.4. The maximum absolute atomic E-state index is 10.8. The van der Waals surface area contributed by atoms with E-state index in [1.54, 1.807) is 13.2 Å². The summed E-state index contributed by atoms with van der Waals surface area (Å²) in [7, 11) is 1.57. The summed E-state index contributed by atoms with van der Waals surface area (Å²) in [5.74, 6) is 0. The molecule has 0 fully saturated rings. The van der Waals surface area contributed by atoms with Gasteiger partial charge in [-0.3, -0.25) is 0 Å². The van der Waals surface area contributed by atoms with Gasteiger partial charge in [-0.15, -0.1) is 0 Å². The van der Waals surface area contributed by atoms with Crippen LogP contribution in [-0.2, 0) is 0 Å². The van der Waals surface area contributed by atoms with E-state index in [4.69, 9.17) is 0 Å². The van der Waals surface area contributed by atoms with Crippen LogP contribution in [0.4, 0.5) is 4.79 Å². The second-order valence-corrected chi connectivity index (χ2v) is 3.53. The fraction of sp³-hybridized carbons (Fsp3) is 0.100. The van der Waals surface area contributed by atoms with E-state index < -0.39 is 0 Å². The van der Waals surface area contributed by atoms with E-state index in [9.17, 15) is 4.79 Å². The molecule has 0 heterocycles. The number of carbonyl (C=O) groups is 1. The molecule has 1 aromatic carbocycles. The van der Waals surface area contributed by atoms with Gasteiger partial charge in [-0.25, -0.2) is 4.79 Å². The number of urea groups is 1. The van der Waals surface area contributed by atoms with Crippen LogP contribution in [0.15, 0.2) is 34.9 Å². The van der Waals surface area contributed by atoms with Crippen LogP contribution in [0.5, 0.6) is 0 Å². The van der Waals surface area contributed by atoms with Gasteiger partial charge >= 0.3 is 6.03 Å². The third-order valence-corrected chi connectivity index (χ3v) is 2.06. The Kier molecular flexibility index (Phi) is 4.19. The first-order valence-corrected chi connectivity index (χ1v) is 4.92. The zero-order valence-corrected chi connectivity index (χ0v) is 9.34. The zero-order valence-electron chi connectivity index (χ0n) is 7.75. The van der Waals surface area contributed by atoms with Crippen LogP contribution >= 0.6 is 15.9 Å². The number of carbonyl (C=O) groups excluding carboxylic acids is 1. The molecule has 0 aliphatic carbocycles. The third kappa shape index (κ3) is 3.62. The highest BCUT2D eigenvalue weighted by Gasteiger charge is 1.90. The first-order chi connectivity index (χ1) is 6.72. The SMILES string of the molecule is CNC(=O)N/C=C/c1cccc(Br)c1. The van der Waals surface area contributed by atoms with Crippen LogP contribution in [0.3, 0.4) is 0 Å². The Morgan fingerprint density at radius 2 is 2.29 bits per heavy atom. The lowest BCUT2D eigenvalue weighted by Crippen LogP contribution is -2.28. The van der Waals surface area contributed by atoms with Crippen molar-refractivity contribution in [3.05, 3.63) is 40.5 Å². The van der Waals surface area contributed by atoms with Crippen molar-refractivity contribution in [1.29, 1.82) is 0 Å². The fourth-order valence-electron chi connectivity index (χ4n) is 0.896. The van der Waals surface area contributed by atoms with Gasteiger partial charge in [0, 0.05) is 17.7 Å². The Balaban J connectivity index is 2.56. The van der Waals surface area contributed by atoms with E-state index in [1.807, 2.05) is 30.3 Å². The number of benzene rings is 1. The normalized spacial score (nSPS) is 10.1. The molecule has 1 rings (SSSR count). The summed E-state index contributed by atoms with van der Waals surface area (Å²) in [5, 5.41) is 5.01. The first kappa shape index (κ1) is 10.8. The van der Waals surface area contributed by atoms with E-state index >= 15 is 0 Å². The van der Waals surface area contributed by atoms with E-state index in [0.717, 1.165) is 10.0 Å². The highest BCUT2D eigenvalue weighted by molar-refractivity contribution is 9.10. The quantitative estimate of drug-likeness (QED) is 0.836. The van der Waals surface area contributed by atoms with Gasteiger partial charge in [-0.05, 0) is 23.8 Å². The lowest BCUT2D eigenvalue weighted by atomic mass is 10.2. The average Bonchev–Trinajstić information content (AvgIpc) is 2.17. The van der Waals surface area contributed by atoms with Gasteiger partial charge in [-0.1, -0.05) is 28.1 Å². The summed E-state index contributed by atoms with van der Waals surface area (Å²) in [5.41, 5.74) is 1.02. The van der Waals surface area contributed by atoms with Crippen molar-refractivity contribution in [3.8, 4) is 0 Å². The molecule has 0 saturated heterocycles. The molecule has 0 aliphatic rings. The Labute approximate surface area is 91.3 Å². The number of amides is 2. The second kappa shape index (κ2) is 5.44. The third-order valence-electron chi connectivity index (χ3n) is 1.57. The lowest BCUT2D eigenvalue weighted by molar-refractivity contribution is 0.246. The molecule has 0 saturated carbocycles. The van der Waals surface area contributed by atoms with Crippen molar-refractivity contribution < 1.29 is 4.79 Å².